The second-order valence-electron chi connectivity index (χ2n) is 12.0. The van der Waals surface area contributed by atoms with Gasteiger partial charge in [-0.3, -0.25) is 4.31 Å². The molecule has 7 heteroatoms. The zero-order chi connectivity index (χ0) is 28.4. The van der Waals surface area contributed by atoms with Crippen LogP contribution in [-0.2, 0) is 0 Å². The number of benzene rings is 5. The Kier molecular flexibility index (Phi) is 4.89. The van der Waals surface area contributed by atoms with Crippen molar-refractivity contribution in [3.05, 3.63) is 95.1 Å². The van der Waals surface area contributed by atoms with Crippen LogP contribution in [0.25, 0.3) is 0 Å². The summed E-state index contributed by atoms with van der Waals surface area (Å²) < 4.78 is 22.2. The van der Waals surface area contributed by atoms with Crippen LogP contribution in [-0.4, -0.2) is 19.7 Å². The molecule has 4 heterocycles. The molecule has 0 bridgehead atoms. The second-order valence-corrected chi connectivity index (χ2v) is 12.7. The first-order valence-electron chi connectivity index (χ1n) is 14.4. The van der Waals surface area contributed by atoms with Crippen molar-refractivity contribution >= 4 is 69.5 Å². The van der Waals surface area contributed by atoms with Crippen molar-refractivity contribution in [2.75, 3.05) is 10.6 Å². The Morgan fingerprint density at radius 2 is 1.12 bits per heavy atom. The predicted octanol–water partition coefficient (Wildman–Crippen LogP) is 5.00. The molecule has 9 rings (SSSR count). The van der Waals surface area contributed by atoms with Crippen molar-refractivity contribution in [1.82, 2.24) is 0 Å². The van der Waals surface area contributed by atoms with E-state index in [2.05, 4.69) is 111 Å². The number of hydrogen-bond donors (Lipinski definition) is 0. The molecule has 0 aliphatic carbocycles. The van der Waals surface area contributed by atoms with Crippen molar-refractivity contribution < 1.29 is 14.2 Å². The van der Waals surface area contributed by atoms with Crippen molar-refractivity contribution in [1.29, 1.82) is 0 Å². The van der Waals surface area contributed by atoms with E-state index in [1.165, 1.54) is 49.7 Å². The summed E-state index contributed by atoms with van der Waals surface area (Å²) in [5, 5.41) is 0. The number of ether oxygens (including phenoxy) is 3. The van der Waals surface area contributed by atoms with E-state index < -0.39 is 0 Å². The normalized spacial score (nSPS) is 14.4. The van der Waals surface area contributed by atoms with Crippen LogP contribution in [0.15, 0.2) is 72.8 Å². The van der Waals surface area contributed by atoms with Gasteiger partial charge in [-0.05, 0) is 126 Å². The second kappa shape index (κ2) is 8.42. The van der Waals surface area contributed by atoms with Gasteiger partial charge >= 0.3 is 0 Å². The number of para-hydroxylation sites is 1. The number of rotatable bonds is 1. The molecule has 0 amide bonds. The van der Waals surface area contributed by atoms with E-state index in [1.54, 1.807) is 11.9 Å². The summed E-state index contributed by atoms with van der Waals surface area (Å²) >= 11 is 1.72. The van der Waals surface area contributed by atoms with Crippen LogP contribution in [0.3, 0.4) is 0 Å². The Hall–Kier alpha value is -4.22. The van der Waals surface area contributed by atoms with E-state index in [1.807, 2.05) is 0 Å². The minimum absolute atomic E-state index is 0.0180. The fourth-order valence-corrected chi connectivity index (χ4v) is 8.08. The maximum absolute atomic E-state index is 6.78. The Balaban J connectivity index is 1.35. The quantitative estimate of drug-likeness (QED) is 0.208. The van der Waals surface area contributed by atoms with Crippen LogP contribution in [0.5, 0.6) is 34.5 Å². The van der Waals surface area contributed by atoms with Crippen LogP contribution < -0.4 is 51.3 Å². The molecule has 0 spiro atoms. The molecular formula is C35H27B2NO3S. The number of fused-ring (bicyclic) bond motifs is 8. The van der Waals surface area contributed by atoms with Gasteiger partial charge in [-0.25, -0.2) is 0 Å². The molecule has 42 heavy (non-hydrogen) atoms. The Labute approximate surface area is 250 Å². The van der Waals surface area contributed by atoms with Gasteiger partial charge in [0.15, 0.2) is 0 Å². The van der Waals surface area contributed by atoms with E-state index in [0.717, 1.165) is 51.2 Å². The summed E-state index contributed by atoms with van der Waals surface area (Å²) in [4.78, 5) is 0. The summed E-state index contributed by atoms with van der Waals surface area (Å²) in [6, 6.07) is 26.4. The highest BCUT2D eigenvalue weighted by atomic mass is 32.2. The van der Waals surface area contributed by atoms with Crippen LogP contribution in [0.1, 0.15) is 22.3 Å². The molecule has 5 aromatic carbocycles. The zero-order valence-corrected chi connectivity index (χ0v) is 25.0. The van der Waals surface area contributed by atoms with E-state index in [9.17, 15) is 0 Å². The maximum atomic E-state index is 6.78. The number of anilines is 2. The SMILES string of the molecule is CSN1c2cc3c(cc2B2c4ccccc4Oc4cc(C)cc1c42)B1c2cc(C)c(C)cc2Oc2cc(C)cc(c21)O3. The summed E-state index contributed by atoms with van der Waals surface area (Å²) in [7, 11) is 0. The molecule has 0 atom stereocenters. The first-order chi connectivity index (χ1) is 20.4. The molecule has 0 saturated carbocycles. The fourth-order valence-electron chi connectivity index (χ4n) is 7.38. The van der Waals surface area contributed by atoms with E-state index in [0.29, 0.717) is 0 Å². The van der Waals surface area contributed by atoms with E-state index in [-0.39, 0.29) is 13.4 Å². The summed E-state index contributed by atoms with van der Waals surface area (Å²) in [6.07, 6.45) is 2.14. The van der Waals surface area contributed by atoms with Gasteiger partial charge in [-0.15, -0.1) is 0 Å². The molecule has 5 aromatic rings. The van der Waals surface area contributed by atoms with Gasteiger partial charge < -0.3 is 14.2 Å². The molecule has 0 aromatic heterocycles. The van der Waals surface area contributed by atoms with Gasteiger partial charge in [0.1, 0.15) is 34.5 Å². The molecule has 4 aliphatic heterocycles. The number of hydrogen-bond acceptors (Lipinski definition) is 5. The molecule has 0 fully saturated rings. The smallest absolute Gasteiger partial charge is 0.260 e. The van der Waals surface area contributed by atoms with Gasteiger partial charge in [-0.2, -0.15) is 0 Å². The standard InChI is InChI=1S/C35H27B2NO3S/c1-18-10-27-34-31(11-18)39-28-9-7-6-8-22(28)36(34)23-16-25-30(17-26(23)38(27)42-5)41-33-13-19(2)12-32-35(33)37(25)24-14-20(3)21(4)15-29(24)40-32/h6-17H,1-5H3. The minimum atomic E-state index is 0.0180. The first-order valence-corrected chi connectivity index (χ1v) is 15.6. The summed E-state index contributed by atoms with van der Waals surface area (Å²) in [5.74, 6) is 5.48. The lowest BCUT2D eigenvalue weighted by atomic mass is 9.31. The fraction of sp³-hybridized carbons (Fsp3) is 0.143. The molecule has 4 nitrogen and oxygen atoms in total. The number of nitrogens with zero attached hydrogens (tertiary/aromatic N) is 1. The summed E-state index contributed by atoms with van der Waals surface area (Å²) in [5.41, 5.74) is 14.3. The molecule has 0 unspecified atom stereocenters. The highest BCUT2D eigenvalue weighted by Gasteiger charge is 2.45. The van der Waals surface area contributed by atoms with Gasteiger partial charge in [0.2, 0.25) is 0 Å². The lowest BCUT2D eigenvalue weighted by Gasteiger charge is -2.40. The van der Waals surface area contributed by atoms with Crippen LogP contribution >= 0.6 is 11.9 Å². The molecule has 4 aliphatic rings. The van der Waals surface area contributed by atoms with Crippen molar-refractivity contribution in [3.8, 4) is 34.5 Å². The van der Waals surface area contributed by atoms with Gasteiger partial charge in [0.25, 0.3) is 13.4 Å². The molecular weight excluding hydrogens is 536 g/mol. The lowest BCUT2D eigenvalue weighted by Crippen LogP contribution is -2.62. The first kappa shape index (κ1) is 24.4. The van der Waals surface area contributed by atoms with Crippen LogP contribution in [0, 0.1) is 27.7 Å². The average molecular weight is 563 g/mol. The van der Waals surface area contributed by atoms with E-state index in [4.69, 9.17) is 14.2 Å². The average Bonchev–Trinajstić information content (AvgIpc) is 2.96. The van der Waals surface area contributed by atoms with E-state index >= 15 is 0 Å². The van der Waals surface area contributed by atoms with Gasteiger partial charge in [0, 0.05) is 17.8 Å². The Bertz CT molecular complexity index is 2040. The molecule has 0 saturated heterocycles. The summed E-state index contributed by atoms with van der Waals surface area (Å²) in [6.45, 7) is 8.66. The number of aryl methyl sites for hydroxylation is 4. The lowest BCUT2D eigenvalue weighted by molar-refractivity contribution is 0.463. The van der Waals surface area contributed by atoms with Gasteiger partial charge in [0.05, 0.1) is 11.4 Å². The molecule has 0 N–H and O–H groups in total. The minimum Gasteiger partial charge on any atom is -0.458 e. The zero-order valence-electron chi connectivity index (χ0n) is 24.2. The van der Waals surface area contributed by atoms with Crippen molar-refractivity contribution in [2.45, 2.75) is 27.7 Å². The third kappa shape index (κ3) is 3.17. The maximum Gasteiger partial charge on any atom is 0.260 e. The Morgan fingerprint density at radius 3 is 1.88 bits per heavy atom. The highest BCUT2D eigenvalue weighted by Crippen LogP contribution is 2.42. The highest BCUT2D eigenvalue weighted by molar-refractivity contribution is 8.00. The predicted molar refractivity (Wildman–Crippen MR) is 176 cm³/mol. The third-order valence-electron chi connectivity index (χ3n) is 9.32. The van der Waals surface area contributed by atoms with Crippen LogP contribution in [0.2, 0.25) is 0 Å². The largest absolute Gasteiger partial charge is 0.458 e. The van der Waals surface area contributed by atoms with Crippen molar-refractivity contribution in [3.63, 3.8) is 0 Å². The van der Waals surface area contributed by atoms with Crippen LogP contribution in [0.4, 0.5) is 11.4 Å². The van der Waals surface area contributed by atoms with Crippen molar-refractivity contribution in [2.24, 2.45) is 0 Å². The topological polar surface area (TPSA) is 30.9 Å². The molecule has 0 radical (unpaired) electrons. The monoisotopic (exact) mass is 563 g/mol. The third-order valence-corrected chi connectivity index (χ3v) is 10.1. The molecule has 202 valence electrons. The van der Waals surface area contributed by atoms with Gasteiger partial charge in [-0.1, -0.05) is 30.3 Å². The Morgan fingerprint density at radius 1 is 0.524 bits per heavy atom.